The summed E-state index contributed by atoms with van der Waals surface area (Å²) in [5, 5.41) is 11.3. The van der Waals surface area contributed by atoms with Gasteiger partial charge in [-0.1, -0.05) is 30.3 Å². The molecule has 1 aliphatic heterocycles. The zero-order valence-electron chi connectivity index (χ0n) is 12.5. The summed E-state index contributed by atoms with van der Waals surface area (Å²) < 4.78 is 5.57. The molecular weight excluding hydrogens is 282 g/mol. The number of nitriles is 1. The molecule has 0 spiro atoms. The summed E-state index contributed by atoms with van der Waals surface area (Å²) in [5.74, 6) is -0.295. The number of rotatable bonds is 7. The van der Waals surface area contributed by atoms with Crippen LogP contribution >= 0.6 is 0 Å². The number of urea groups is 1. The average Bonchev–Trinajstić information content (AvgIpc) is 2.73. The van der Waals surface area contributed by atoms with Gasteiger partial charge in [0.05, 0.1) is 19.1 Å². The zero-order chi connectivity index (χ0) is 16.0. The molecular formula is C16H19N3O3. The fourth-order valence-corrected chi connectivity index (χ4v) is 2.32. The molecule has 3 amide bonds. The van der Waals surface area contributed by atoms with E-state index >= 15 is 0 Å². The van der Waals surface area contributed by atoms with Crippen LogP contribution in [0.4, 0.5) is 4.79 Å². The number of carbonyl (C=O) groups excluding carboxylic acids is 2. The van der Waals surface area contributed by atoms with Crippen molar-refractivity contribution in [2.45, 2.75) is 31.9 Å². The molecule has 22 heavy (non-hydrogen) atoms. The van der Waals surface area contributed by atoms with E-state index in [0.29, 0.717) is 19.6 Å². The van der Waals surface area contributed by atoms with Gasteiger partial charge in [-0.3, -0.25) is 9.69 Å². The van der Waals surface area contributed by atoms with Gasteiger partial charge in [0, 0.05) is 19.6 Å². The molecule has 0 saturated carbocycles. The lowest BCUT2D eigenvalue weighted by molar-refractivity contribution is -0.131. The number of nitrogens with one attached hydrogen (secondary N) is 1. The maximum Gasteiger partial charge on any atom is 0.325 e. The van der Waals surface area contributed by atoms with Crippen LogP contribution in [0, 0.1) is 11.3 Å². The van der Waals surface area contributed by atoms with Crippen LogP contribution in [0.2, 0.25) is 0 Å². The van der Waals surface area contributed by atoms with Gasteiger partial charge in [0.25, 0.3) is 5.91 Å². The quantitative estimate of drug-likeness (QED) is 0.615. The maximum atomic E-state index is 12.3. The molecule has 0 aromatic heterocycles. The van der Waals surface area contributed by atoms with E-state index in [-0.39, 0.29) is 18.9 Å². The van der Waals surface area contributed by atoms with Crippen molar-refractivity contribution in [1.29, 1.82) is 5.26 Å². The summed E-state index contributed by atoms with van der Waals surface area (Å²) in [7, 11) is 0. The van der Waals surface area contributed by atoms with Crippen LogP contribution in [0.15, 0.2) is 30.3 Å². The van der Waals surface area contributed by atoms with Crippen LogP contribution in [-0.4, -0.2) is 35.5 Å². The van der Waals surface area contributed by atoms with Gasteiger partial charge in [0.2, 0.25) is 0 Å². The Morgan fingerprint density at radius 3 is 2.73 bits per heavy atom. The lowest BCUT2D eigenvalue weighted by Gasteiger charge is -2.21. The number of nitrogens with zero attached hydrogens (tertiary/aromatic N) is 2. The molecule has 1 aliphatic rings. The minimum Gasteiger partial charge on any atom is -0.377 e. The minimum atomic E-state index is -0.955. The number of ether oxygens (including phenoxy) is 1. The van der Waals surface area contributed by atoms with Crippen molar-refractivity contribution in [3.05, 3.63) is 35.9 Å². The van der Waals surface area contributed by atoms with Crippen LogP contribution in [0.3, 0.4) is 0 Å². The Bertz CT molecular complexity index is 582. The van der Waals surface area contributed by atoms with Crippen LogP contribution in [-0.2, 0) is 16.1 Å². The predicted molar refractivity (Wildman–Crippen MR) is 79.6 cm³/mol. The largest absolute Gasteiger partial charge is 0.377 e. The van der Waals surface area contributed by atoms with Gasteiger partial charge in [-0.25, -0.2) is 4.79 Å². The van der Waals surface area contributed by atoms with Crippen molar-refractivity contribution in [3.63, 3.8) is 0 Å². The zero-order valence-corrected chi connectivity index (χ0v) is 12.5. The Labute approximate surface area is 129 Å². The Kier molecular flexibility index (Phi) is 5.12. The molecule has 6 nitrogen and oxygen atoms in total. The second kappa shape index (κ2) is 7.05. The number of carbonyl (C=O) groups is 2. The molecule has 1 heterocycles. The second-order valence-corrected chi connectivity index (χ2v) is 5.42. The summed E-state index contributed by atoms with van der Waals surface area (Å²) in [6, 6.07) is 11.2. The molecule has 1 atom stereocenters. The molecule has 116 valence electrons. The SMILES string of the molecule is CC1(CCOCc2ccccc2)NC(=O)N(CCC#N)C1=O. The monoisotopic (exact) mass is 301 g/mol. The standard InChI is InChI=1S/C16H19N3O3/c1-16(8-11-22-12-13-6-3-2-4-7-13)14(20)19(10-5-9-17)15(21)18-16/h2-4,6-7H,5,8,10-12H2,1H3,(H,18,21). The van der Waals surface area contributed by atoms with Crippen molar-refractivity contribution < 1.29 is 14.3 Å². The van der Waals surface area contributed by atoms with Gasteiger partial charge in [-0.2, -0.15) is 5.26 Å². The van der Waals surface area contributed by atoms with Gasteiger partial charge < -0.3 is 10.1 Å². The lowest BCUT2D eigenvalue weighted by Crippen LogP contribution is -2.44. The van der Waals surface area contributed by atoms with E-state index in [1.165, 1.54) is 0 Å². The fourth-order valence-electron chi connectivity index (χ4n) is 2.32. The van der Waals surface area contributed by atoms with E-state index < -0.39 is 11.6 Å². The van der Waals surface area contributed by atoms with Crippen molar-refractivity contribution in [2.24, 2.45) is 0 Å². The second-order valence-electron chi connectivity index (χ2n) is 5.42. The summed E-state index contributed by atoms with van der Waals surface area (Å²) in [4.78, 5) is 25.2. The minimum absolute atomic E-state index is 0.127. The molecule has 1 N–H and O–H groups in total. The van der Waals surface area contributed by atoms with Crippen LogP contribution in [0.5, 0.6) is 0 Å². The third-order valence-corrected chi connectivity index (χ3v) is 3.65. The van der Waals surface area contributed by atoms with Crippen LogP contribution in [0.1, 0.15) is 25.3 Å². The van der Waals surface area contributed by atoms with Gasteiger partial charge >= 0.3 is 6.03 Å². The number of imide groups is 1. The van der Waals surface area contributed by atoms with Crippen LogP contribution < -0.4 is 5.32 Å². The van der Waals surface area contributed by atoms with Crippen LogP contribution in [0.25, 0.3) is 0 Å². The summed E-state index contributed by atoms with van der Waals surface area (Å²) >= 11 is 0. The van der Waals surface area contributed by atoms with Gasteiger partial charge in [0.15, 0.2) is 0 Å². The van der Waals surface area contributed by atoms with E-state index in [4.69, 9.17) is 10.00 Å². The fraction of sp³-hybridized carbons (Fsp3) is 0.438. The number of hydrogen-bond donors (Lipinski definition) is 1. The first kappa shape index (κ1) is 16.0. The van der Waals surface area contributed by atoms with Crippen molar-refractivity contribution in [3.8, 4) is 6.07 Å². The molecule has 2 rings (SSSR count). The average molecular weight is 301 g/mol. The Balaban J connectivity index is 1.83. The Morgan fingerprint density at radius 2 is 2.05 bits per heavy atom. The topological polar surface area (TPSA) is 82.4 Å². The Hall–Kier alpha value is -2.39. The molecule has 1 aromatic carbocycles. The van der Waals surface area contributed by atoms with Crippen molar-refractivity contribution in [1.82, 2.24) is 10.2 Å². The highest BCUT2D eigenvalue weighted by molar-refractivity contribution is 6.06. The molecule has 0 aliphatic carbocycles. The predicted octanol–water partition coefficient (Wildman–Crippen LogP) is 1.82. The molecule has 0 bridgehead atoms. The molecule has 1 saturated heterocycles. The number of amides is 3. The van der Waals surface area contributed by atoms with E-state index in [9.17, 15) is 9.59 Å². The van der Waals surface area contributed by atoms with Crippen molar-refractivity contribution in [2.75, 3.05) is 13.2 Å². The smallest absolute Gasteiger partial charge is 0.325 e. The number of benzene rings is 1. The summed E-state index contributed by atoms with van der Waals surface area (Å²) in [6.07, 6.45) is 0.535. The molecule has 1 fully saturated rings. The molecule has 6 heteroatoms. The highest BCUT2D eigenvalue weighted by Crippen LogP contribution is 2.21. The Morgan fingerprint density at radius 1 is 1.32 bits per heavy atom. The molecule has 0 radical (unpaired) electrons. The normalized spacial score (nSPS) is 20.8. The highest BCUT2D eigenvalue weighted by Gasteiger charge is 2.47. The molecule has 1 aromatic rings. The van der Waals surface area contributed by atoms with Gasteiger partial charge in [0.1, 0.15) is 5.54 Å². The molecule has 1 unspecified atom stereocenters. The highest BCUT2D eigenvalue weighted by atomic mass is 16.5. The summed E-state index contributed by atoms with van der Waals surface area (Å²) in [5.41, 5.74) is 0.105. The number of hydrogen-bond acceptors (Lipinski definition) is 4. The van der Waals surface area contributed by atoms with Gasteiger partial charge in [-0.05, 0) is 12.5 Å². The first-order valence-corrected chi connectivity index (χ1v) is 7.19. The third-order valence-electron chi connectivity index (χ3n) is 3.65. The third kappa shape index (κ3) is 3.62. The summed E-state index contributed by atoms with van der Waals surface area (Å²) in [6.45, 7) is 2.65. The van der Waals surface area contributed by atoms with Gasteiger partial charge in [-0.15, -0.1) is 0 Å². The van der Waals surface area contributed by atoms with E-state index in [2.05, 4.69) is 5.32 Å². The van der Waals surface area contributed by atoms with E-state index in [1.807, 2.05) is 36.4 Å². The van der Waals surface area contributed by atoms with E-state index in [1.54, 1.807) is 6.92 Å². The maximum absolute atomic E-state index is 12.3. The van der Waals surface area contributed by atoms with E-state index in [0.717, 1.165) is 10.5 Å². The first-order valence-electron chi connectivity index (χ1n) is 7.19. The lowest BCUT2D eigenvalue weighted by atomic mass is 9.98. The van der Waals surface area contributed by atoms with Crippen molar-refractivity contribution >= 4 is 11.9 Å². The first-order chi connectivity index (χ1) is 10.6.